The van der Waals surface area contributed by atoms with Gasteiger partial charge in [-0.15, -0.1) is 0 Å². The summed E-state index contributed by atoms with van der Waals surface area (Å²) in [6.45, 7) is 0.177. The smallest absolute Gasteiger partial charge is 0.340 e. The number of hydrogen-bond acceptors (Lipinski definition) is 6. The molecule has 0 fully saturated rings. The van der Waals surface area contributed by atoms with Crippen molar-refractivity contribution in [3.63, 3.8) is 0 Å². The highest BCUT2D eigenvalue weighted by molar-refractivity contribution is 6.13. The SMILES string of the molecule is O=C(CCCN1C(=O)C=CC1=O)Nc1cccc(-c2c3ccc(cc4nc(c(C(=O)O)c5nc(cc6ccc2[nH]6)C=C5)C=C4)[nH]3)c1. The van der Waals surface area contributed by atoms with Crippen LogP contribution >= 0.6 is 0 Å². The minimum Gasteiger partial charge on any atom is -0.478 e. The van der Waals surface area contributed by atoms with E-state index >= 15 is 0 Å². The fourth-order valence-corrected chi connectivity index (χ4v) is 5.63. The number of H-pyrrole nitrogens is 2. The lowest BCUT2D eigenvalue weighted by molar-refractivity contribution is -0.137. The Kier molecular flexibility index (Phi) is 7.18. The second kappa shape index (κ2) is 11.6. The Hall–Kier alpha value is -6.36. The summed E-state index contributed by atoms with van der Waals surface area (Å²) < 4.78 is 0. The van der Waals surface area contributed by atoms with Crippen LogP contribution in [0.3, 0.4) is 0 Å². The van der Waals surface area contributed by atoms with Crippen LogP contribution in [-0.2, 0) is 14.4 Å². The number of nitrogens with zero attached hydrogens (tertiary/aromatic N) is 3. The number of anilines is 1. The van der Waals surface area contributed by atoms with Gasteiger partial charge in [0, 0.05) is 58.4 Å². The number of hydrogen-bond donors (Lipinski definition) is 4. The molecule has 0 spiro atoms. The number of aromatic carboxylic acids is 1. The molecular weight excluding hydrogens is 584 g/mol. The minimum absolute atomic E-state index is 0.0300. The number of imide groups is 1. The van der Waals surface area contributed by atoms with Crippen molar-refractivity contribution in [3.8, 4) is 11.1 Å². The number of aromatic amines is 2. The molecule has 0 saturated carbocycles. The lowest BCUT2D eigenvalue weighted by atomic mass is 10.0. The average molecular weight is 611 g/mol. The Morgan fingerprint density at radius 1 is 0.761 bits per heavy atom. The molecule has 3 aliphatic heterocycles. The van der Waals surface area contributed by atoms with Crippen molar-refractivity contribution in [1.29, 1.82) is 0 Å². The van der Waals surface area contributed by atoms with Crippen molar-refractivity contribution in [2.45, 2.75) is 12.8 Å². The number of carboxylic acid groups (broad SMARTS) is 1. The molecular formula is C35H26N6O5. The van der Waals surface area contributed by atoms with Crippen LogP contribution < -0.4 is 5.32 Å². The van der Waals surface area contributed by atoms with E-state index in [2.05, 4.69) is 25.3 Å². The molecule has 3 aliphatic rings. The second-order valence-electron chi connectivity index (χ2n) is 10.9. The molecule has 0 aliphatic carbocycles. The zero-order chi connectivity index (χ0) is 31.8. The molecule has 226 valence electrons. The highest BCUT2D eigenvalue weighted by Crippen LogP contribution is 2.31. The van der Waals surface area contributed by atoms with Crippen LogP contribution in [-0.4, -0.2) is 60.2 Å². The number of amides is 3. The Morgan fingerprint density at radius 3 is 1.96 bits per heavy atom. The first-order chi connectivity index (χ1) is 22.3. The van der Waals surface area contributed by atoms with Gasteiger partial charge in [-0.05, 0) is 84.8 Å². The topological polar surface area (TPSA) is 161 Å². The van der Waals surface area contributed by atoms with E-state index in [0.717, 1.165) is 38.1 Å². The van der Waals surface area contributed by atoms with Crippen LogP contribution in [0.1, 0.15) is 46.0 Å². The summed E-state index contributed by atoms with van der Waals surface area (Å²) in [6, 6.07) is 18.9. The molecule has 1 aromatic carbocycles. The van der Waals surface area contributed by atoms with Gasteiger partial charge < -0.3 is 20.4 Å². The largest absolute Gasteiger partial charge is 0.478 e. The number of carbonyl (C=O) groups is 4. The Bertz CT molecular complexity index is 2110. The summed E-state index contributed by atoms with van der Waals surface area (Å²) in [4.78, 5) is 65.6. The van der Waals surface area contributed by atoms with Crippen LogP contribution in [0.5, 0.6) is 0 Å². The first-order valence-electron chi connectivity index (χ1n) is 14.6. The Morgan fingerprint density at radius 2 is 1.37 bits per heavy atom. The van der Waals surface area contributed by atoms with Gasteiger partial charge in [0.1, 0.15) is 5.56 Å². The van der Waals surface area contributed by atoms with E-state index in [9.17, 15) is 24.3 Å². The molecule has 7 rings (SSSR count). The van der Waals surface area contributed by atoms with Crippen LogP contribution in [0.2, 0.25) is 0 Å². The van der Waals surface area contributed by atoms with E-state index < -0.39 is 5.97 Å². The van der Waals surface area contributed by atoms with Crippen LogP contribution in [0.15, 0.2) is 72.8 Å². The molecule has 3 aromatic heterocycles. The van der Waals surface area contributed by atoms with Crippen molar-refractivity contribution in [2.24, 2.45) is 0 Å². The van der Waals surface area contributed by atoms with E-state index in [1.165, 1.54) is 12.2 Å². The van der Waals surface area contributed by atoms with E-state index in [1.807, 2.05) is 54.6 Å². The van der Waals surface area contributed by atoms with E-state index in [-0.39, 0.29) is 36.3 Å². The average Bonchev–Trinajstić information content (AvgIpc) is 3.87. The maximum Gasteiger partial charge on any atom is 0.340 e. The molecule has 0 unspecified atom stereocenters. The van der Waals surface area contributed by atoms with Gasteiger partial charge >= 0.3 is 5.97 Å². The maximum absolute atomic E-state index is 12.8. The molecule has 4 aromatic rings. The van der Waals surface area contributed by atoms with Crippen molar-refractivity contribution in [1.82, 2.24) is 24.8 Å². The standard InChI is InChI=1S/C35H26N6O5/c42-30(5-2-16-41-31(43)14-15-32(41)44)40-21-4-1-3-20(17-21)33-26-10-6-22(36-26)18-24-8-12-28(38-24)34(35(45)46)29-13-9-25(39-29)19-23-7-11-27(33)37-23/h1,3-4,6-15,17-19,36-37H,2,5,16H2,(H,40,42)(H,45,46). The summed E-state index contributed by atoms with van der Waals surface area (Å²) in [7, 11) is 0. The number of carbonyl (C=O) groups excluding carboxylic acids is 3. The molecule has 0 atom stereocenters. The molecule has 0 radical (unpaired) electrons. The van der Waals surface area contributed by atoms with Gasteiger partial charge in [-0.2, -0.15) is 0 Å². The molecule has 8 bridgehead atoms. The first kappa shape index (κ1) is 28.4. The van der Waals surface area contributed by atoms with Gasteiger partial charge in [0.2, 0.25) is 5.91 Å². The third-order valence-corrected chi connectivity index (χ3v) is 7.73. The maximum atomic E-state index is 12.8. The minimum atomic E-state index is -1.11. The van der Waals surface area contributed by atoms with Gasteiger partial charge in [-0.1, -0.05) is 12.1 Å². The summed E-state index contributed by atoms with van der Waals surface area (Å²) >= 11 is 0. The van der Waals surface area contributed by atoms with Crippen molar-refractivity contribution >= 4 is 75.7 Å². The molecule has 11 heteroatoms. The molecule has 6 heterocycles. The molecule has 11 nitrogen and oxygen atoms in total. The number of benzene rings is 1. The monoisotopic (exact) mass is 610 g/mol. The van der Waals surface area contributed by atoms with Crippen molar-refractivity contribution in [2.75, 3.05) is 11.9 Å². The Labute approximate surface area is 261 Å². The van der Waals surface area contributed by atoms with Gasteiger partial charge in [0.15, 0.2) is 0 Å². The van der Waals surface area contributed by atoms with Crippen molar-refractivity contribution in [3.05, 3.63) is 101 Å². The lowest BCUT2D eigenvalue weighted by Crippen LogP contribution is -2.31. The molecule has 46 heavy (non-hydrogen) atoms. The number of rotatable bonds is 7. The highest BCUT2D eigenvalue weighted by atomic mass is 16.4. The first-order valence-corrected chi connectivity index (χ1v) is 14.6. The second-order valence-corrected chi connectivity index (χ2v) is 10.9. The third-order valence-electron chi connectivity index (χ3n) is 7.73. The van der Waals surface area contributed by atoms with Crippen LogP contribution in [0, 0.1) is 0 Å². The number of fused-ring (bicyclic) bond motifs is 8. The summed E-state index contributed by atoms with van der Waals surface area (Å²) in [5.41, 5.74) is 7.30. The number of nitrogens with one attached hydrogen (secondary N) is 3. The summed E-state index contributed by atoms with van der Waals surface area (Å²) in [6.07, 6.45) is 9.82. The predicted octanol–water partition coefficient (Wildman–Crippen LogP) is 5.66. The quantitative estimate of drug-likeness (QED) is 0.170. The zero-order valence-corrected chi connectivity index (χ0v) is 24.3. The van der Waals surface area contributed by atoms with Gasteiger partial charge in [0.25, 0.3) is 11.8 Å². The highest BCUT2D eigenvalue weighted by Gasteiger charge is 2.23. The molecule has 4 N–H and O–H groups in total. The third kappa shape index (κ3) is 5.64. The summed E-state index contributed by atoms with van der Waals surface area (Å²) in [5.74, 6) is -2.06. The fraction of sp³-hybridized carbons (Fsp3) is 0.0857. The van der Waals surface area contributed by atoms with Gasteiger partial charge in [-0.3, -0.25) is 19.3 Å². The zero-order valence-electron chi connectivity index (χ0n) is 24.3. The van der Waals surface area contributed by atoms with E-state index in [4.69, 9.17) is 0 Å². The number of carboxylic acids is 1. The molecule has 3 amide bonds. The normalized spacial score (nSPS) is 13.5. The van der Waals surface area contributed by atoms with Crippen molar-refractivity contribution < 1.29 is 24.3 Å². The number of aromatic nitrogens is 4. The van der Waals surface area contributed by atoms with Gasteiger partial charge in [0.05, 0.1) is 22.8 Å². The summed E-state index contributed by atoms with van der Waals surface area (Å²) in [5, 5.41) is 12.9. The predicted molar refractivity (Wildman–Crippen MR) is 175 cm³/mol. The lowest BCUT2D eigenvalue weighted by Gasteiger charge is -2.13. The van der Waals surface area contributed by atoms with Crippen LogP contribution in [0.4, 0.5) is 5.69 Å². The van der Waals surface area contributed by atoms with E-state index in [0.29, 0.717) is 34.9 Å². The fourth-order valence-electron chi connectivity index (χ4n) is 5.63. The Balaban J connectivity index is 1.27. The van der Waals surface area contributed by atoms with Crippen LogP contribution in [0.25, 0.3) is 57.5 Å². The van der Waals surface area contributed by atoms with Gasteiger partial charge in [-0.25, -0.2) is 14.8 Å². The van der Waals surface area contributed by atoms with E-state index in [1.54, 1.807) is 30.4 Å². The molecule has 0 saturated heterocycles.